The lowest BCUT2D eigenvalue weighted by molar-refractivity contribution is 0.0940. The van der Waals surface area contributed by atoms with Gasteiger partial charge < -0.3 is 14.8 Å². The van der Waals surface area contributed by atoms with Crippen LogP contribution in [0.25, 0.3) is 0 Å². The molecule has 0 heterocycles. The highest BCUT2D eigenvalue weighted by Gasteiger charge is 2.13. The summed E-state index contributed by atoms with van der Waals surface area (Å²) in [6, 6.07) is 5.43. The molecule has 0 aliphatic rings. The number of hydrogen-bond donors (Lipinski definition) is 3. The molecule has 0 aliphatic heterocycles. The molecule has 0 saturated heterocycles. The molecule has 22 heavy (non-hydrogen) atoms. The number of carbonyl (C=O) groups is 1. The first-order chi connectivity index (χ1) is 10.5. The fourth-order valence-electron chi connectivity index (χ4n) is 1.72. The van der Waals surface area contributed by atoms with Crippen LogP contribution >= 0.6 is 24.0 Å². The van der Waals surface area contributed by atoms with Gasteiger partial charge in [0.05, 0.1) is 19.3 Å². The maximum Gasteiger partial charge on any atom is 0.273 e. The molecule has 0 unspecified atom stereocenters. The van der Waals surface area contributed by atoms with Crippen LogP contribution in [0.1, 0.15) is 17.3 Å². The summed E-state index contributed by atoms with van der Waals surface area (Å²) in [5, 5.41) is 3.30. The predicted octanol–water partition coefficient (Wildman–Crippen LogP) is 1.56. The fourth-order valence-corrected chi connectivity index (χ4v) is 2.40. The highest BCUT2D eigenvalue weighted by Crippen LogP contribution is 2.25. The Morgan fingerprint density at radius 2 is 2.09 bits per heavy atom. The van der Waals surface area contributed by atoms with Gasteiger partial charge in [-0.2, -0.15) is 0 Å². The van der Waals surface area contributed by atoms with E-state index in [1.165, 1.54) is 7.11 Å². The van der Waals surface area contributed by atoms with Crippen LogP contribution < -0.4 is 20.9 Å². The Kier molecular flexibility index (Phi) is 8.00. The molecule has 0 spiro atoms. The quantitative estimate of drug-likeness (QED) is 0.411. The van der Waals surface area contributed by atoms with Crippen molar-refractivity contribution in [3.8, 4) is 5.75 Å². The van der Waals surface area contributed by atoms with Gasteiger partial charge >= 0.3 is 0 Å². The van der Waals surface area contributed by atoms with Gasteiger partial charge in [-0.05, 0) is 43.6 Å². The van der Waals surface area contributed by atoms with E-state index in [1.807, 2.05) is 25.3 Å². The van der Waals surface area contributed by atoms with Crippen molar-refractivity contribution in [1.29, 1.82) is 0 Å². The maximum absolute atomic E-state index is 12.2. The normalized spacial score (nSPS) is 11.5. The van der Waals surface area contributed by atoms with Crippen LogP contribution in [0, 0.1) is 0 Å². The monoisotopic (exact) mass is 343 g/mol. The smallest absolute Gasteiger partial charge is 0.273 e. The van der Waals surface area contributed by atoms with Crippen molar-refractivity contribution in [3.63, 3.8) is 0 Å². The topological polar surface area (TPSA) is 71.6 Å². The third-order valence-corrected chi connectivity index (χ3v) is 3.68. The molecule has 6 nitrogen and oxygen atoms in total. The van der Waals surface area contributed by atoms with Gasteiger partial charge in [0.1, 0.15) is 5.75 Å². The number of hydrazine groups is 1. The number of carbonyl (C=O) groups excluding carboxylic acids is 1. The fraction of sp³-hybridized carbons (Fsp3) is 0.429. The number of thiocarbonyl (C=S) groups is 1. The third kappa shape index (κ3) is 5.70. The van der Waals surface area contributed by atoms with Crippen LogP contribution in [-0.4, -0.2) is 44.1 Å². The van der Waals surface area contributed by atoms with Crippen LogP contribution in [0.4, 0.5) is 0 Å². The molecular weight excluding hydrogens is 322 g/mol. The van der Waals surface area contributed by atoms with E-state index in [4.69, 9.17) is 21.7 Å². The Morgan fingerprint density at radius 3 is 2.68 bits per heavy atom. The predicted molar refractivity (Wildman–Crippen MR) is 92.4 cm³/mol. The van der Waals surface area contributed by atoms with Crippen molar-refractivity contribution >= 4 is 35.0 Å². The second kappa shape index (κ2) is 9.50. The number of rotatable bonds is 6. The molecular formula is C14H21N3O3S2. The summed E-state index contributed by atoms with van der Waals surface area (Å²) in [5.74, 6) is 0.186. The summed E-state index contributed by atoms with van der Waals surface area (Å²) in [5.41, 5.74) is 5.62. The Labute approximate surface area is 140 Å². The average Bonchev–Trinajstić information content (AvgIpc) is 2.52. The van der Waals surface area contributed by atoms with Crippen LogP contribution in [0.15, 0.2) is 23.1 Å². The van der Waals surface area contributed by atoms with Gasteiger partial charge in [0, 0.05) is 18.0 Å². The molecule has 1 aromatic rings. The van der Waals surface area contributed by atoms with Crippen LogP contribution in [-0.2, 0) is 4.74 Å². The molecule has 1 aromatic carbocycles. The minimum Gasteiger partial charge on any atom is -0.496 e. The van der Waals surface area contributed by atoms with Crippen molar-refractivity contribution in [2.75, 3.05) is 27.1 Å². The van der Waals surface area contributed by atoms with Crippen molar-refractivity contribution in [3.05, 3.63) is 23.8 Å². The first-order valence-electron chi connectivity index (χ1n) is 6.59. The van der Waals surface area contributed by atoms with Gasteiger partial charge in [-0.15, -0.1) is 11.8 Å². The lowest BCUT2D eigenvalue weighted by atomic mass is 10.2. The zero-order valence-electron chi connectivity index (χ0n) is 13.1. The van der Waals surface area contributed by atoms with Gasteiger partial charge in [0.25, 0.3) is 5.91 Å². The molecule has 1 amide bonds. The van der Waals surface area contributed by atoms with E-state index in [0.717, 1.165) is 4.90 Å². The van der Waals surface area contributed by atoms with E-state index in [9.17, 15) is 4.79 Å². The molecule has 0 aliphatic carbocycles. The molecule has 0 fully saturated rings. The van der Waals surface area contributed by atoms with Crippen LogP contribution in [0.2, 0.25) is 0 Å². The van der Waals surface area contributed by atoms with E-state index in [-0.39, 0.29) is 11.9 Å². The molecule has 0 radical (unpaired) electrons. The van der Waals surface area contributed by atoms with E-state index >= 15 is 0 Å². The molecule has 0 saturated carbocycles. The van der Waals surface area contributed by atoms with Crippen molar-refractivity contribution in [2.24, 2.45) is 0 Å². The molecule has 0 bridgehead atoms. The summed E-state index contributed by atoms with van der Waals surface area (Å²) in [6.45, 7) is 2.43. The Morgan fingerprint density at radius 1 is 1.36 bits per heavy atom. The average molecular weight is 343 g/mol. The van der Waals surface area contributed by atoms with Crippen molar-refractivity contribution in [1.82, 2.24) is 16.2 Å². The lowest BCUT2D eigenvalue weighted by Crippen LogP contribution is -2.50. The maximum atomic E-state index is 12.2. The molecule has 1 atom stereocenters. The van der Waals surface area contributed by atoms with E-state index in [1.54, 1.807) is 24.9 Å². The number of nitrogens with one attached hydrogen (secondary N) is 3. The number of ether oxygens (including phenoxy) is 2. The third-order valence-electron chi connectivity index (χ3n) is 2.74. The van der Waals surface area contributed by atoms with Gasteiger partial charge in [-0.3, -0.25) is 15.6 Å². The number of benzene rings is 1. The summed E-state index contributed by atoms with van der Waals surface area (Å²) < 4.78 is 10.2. The minimum absolute atomic E-state index is 0.0392. The minimum atomic E-state index is -0.326. The largest absolute Gasteiger partial charge is 0.496 e. The second-order valence-electron chi connectivity index (χ2n) is 4.48. The van der Waals surface area contributed by atoms with Gasteiger partial charge in [0.2, 0.25) is 0 Å². The van der Waals surface area contributed by atoms with E-state index in [2.05, 4.69) is 16.2 Å². The van der Waals surface area contributed by atoms with E-state index in [0.29, 0.717) is 23.0 Å². The van der Waals surface area contributed by atoms with Crippen LogP contribution in [0.3, 0.4) is 0 Å². The summed E-state index contributed by atoms with van der Waals surface area (Å²) >= 11 is 6.66. The molecule has 122 valence electrons. The molecule has 3 N–H and O–H groups in total. The second-order valence-corrected chi connectivity index (χ2v) is 5.76. The number of thioether (sulfide) groups is 1. The zero-order chi connectivity index (χ0) is 16.5. The Hall–Kier alpha value is -1.51. The number of hydrogen-bond acceptors (Lipinski definition) is 5. The highest BCUT2D eigenvalue weighted by molar-refractivity contribution is 7.98. The highest BCUT2D eigenvalue weighted by atomic mass is 32.2. The SMILES string of the molecule is COC[C@@H](C)NC(=S)NNC(=O)c1ccc(SC)cc1OC. The molecule has 0 aromatic heterocycles. The Balaban J connectivity index is 2.60. The van der Waals surface area contributed by atoms with Gasteiger partial charge in [-0.1, -0.05) is 0 Å². The number of amides is 1. The standard InChI is InChI=1S/C14H21N3O3S2/c1-9(8-19-2)15-14(21)17-16-13(18)11-6-5-10(22-4)7-12(11)20-3/h5-7,9H,8H2,1-4H3,(H,16,18)(H2,15,17,21)/t9-/m1/s1. The summed E-state index contributed by atoms with van der Waals surface area (Å²) in [6.07, 6.45) is 1.96. The first kappa shape index (κ1) is 18.5. The molecule has 8 heteroatoms. The summed E-state index contributed by atoms with van der Waals surface area (Å²) in [7, 11) is 3.14. The number of methoxy groups -OCH3 is 2. The van der Waals surface area contributed by atoms with Crippen LogP contribution in [0.5, 0.6) is 5.75 Å². The first-order valence-corrected chi connectivity index (χ1v) is 8.23. The molecule has 1 rings (SSSR count). The zero-order valence-corrected chi connectivity index (χ0v) is 14.7. The van der Waals surface area contributed by atoms with Gasteiger partial charge in [0.15, 0.2) is 5.11 Å². The van der Waals surface area contributed by atoms with Crippen molar-refractivity contribution < 1.29 is 14.3 Å². The van der Waals surface area contributed by atoms with Gasteiger partial charge in [-0.25, -0.2) is 0 Å². The summed E-state index contributed by atoms with van der Waals surface area (Å²) in [4.78, 5) is 13.2. The Bertz CT molecular complexity index is 526. The lowest BCUT2D eigenvalue weighted by Gasteiger charge is -2.17. The van der Waals surface area contributed by atoms with Crippen molar-refractivity contribution in [2.45, 2.75) is 17.9 Å². The van der Waals surface area contributed by atoms with E-state index < -0.39 is 0 Å².